The molecule has 1 atom stereocenters. The van der Waals surface area contributed by atoms with E-state index in [0.29, 0.717) is 19.4 Å². The van der Waals surface area contributed by atoms with E-state index < -0.39 is 11.6 Å². The van der Waals surface area contributed by atoms with Crippen LogP contribution >= 0.6 is 0 Å². The third-order valence-electron chi connectivity index (χ3n) is 3.12. The molecule has 0 rings (SSSR count). The molecular weight excluding hydrogens is 248 g/mol. The minimum Gasteiger partial charge on any atom is -0.465 e. The van der Waals surface area contributed by atoms with Crippen molar-refractivity contribution in [3.63, 3.8) is 0 Å². The summed E-state index contributed by atoms with van der Waals surface area (Å²) in [7, 11) is 0. The van der Waals surface area contributed by atoms with Crippen molar-refractivity contribution in [3.8, 4) is 0 Å². The van der Waals surface area contributed by atoms with Crippen LogP contribution in [0, 0.1) is 5.41 Å². The van der Waals surface area contributed by atoms with Crippen LogP contribution in [-0.2, 0) is 19.0 Å². The van der Waals surface area contributed by atoms with Gasteiger partial charge in [-0.3, -0.25) is 4.79 Å². The molecular formula is C14H26O5. The summed E-state index contributed by atoms with van der Waals surface area (Å²) in [6.07, 6.45) is 2.35. The summed E-state index contributed by atoms with van der Waals surface area (Å²) in [6.45, 7) is 8.03. The minimum absolute atomic E-state index is 0.0150. The maximum absolute atomic E-state index is 12.1. The molecule has 0 aromatic carbocycles. The molecule has 1 unspecified atom stereocenters. The van der Waals surface area contributed by atoms with Crippen LogP contribution in [0.2, 0.25) is 0 Å². The van der Waals surface area contributed by atoms with Gasteiger partial charge in [-0.15, -0.1) is 0 Å². The van der Waals surface area contributed by atoms with Crippen LogP contribution < -0.4 is 0 Å². The maximum atomic E-state index is 12.1. The van der Waals surface area contributed by atoms with Gasteiger partial charge < -0.3 is 14.2 Å². The highest BCUT2D eigenvalue weighted by Crippen LogP contribution is 2.31. The lowest BCUT2D eigenvalue weighted by Gasteiger charge is -2.29. The molecule has 0 saturated carbocycles. The van der Waals surface area contributed by atoms with Crippen molar-refractivity contribution in [2.24, 2.45) is 5.41 Å². The summed E-state index contributed by atoms with van der Waals surface area (Å²) in [6, 6.07) is 0. The molecule has 112 valence electrons. The van der Waals surface area contributed by atoms with Crippen LogP contribution in [0.5, 0.6) is 0 Å². The number of unbranched alkanes of at least 4 members (excludes halogenated alkanes) is 1. The first kappa shape index (κ1) is 17.7. The number of hydrogen-bond acceptors (Lipinski definition) is 5. The Kier molecular flexibility index (Phi) is 9.00. The lowest BCUT2D eigenvalue weighted by Crippen LogP contribution is -2.38. The summed E-state index contributed by atoms with van der Waals surface area (Å²) in [5, 5.41) is 0. The molecule has 0 N–H and O–H groups in total. The van der Waals surface area contributed by atoms with E-state index in [-0.39, 0.29) is 19.2 Å². The highest BCUT2D eigenvalue weighted by Gasteiger charge is 2.39. The van der Waals surface area contributed by atoms with Crippen LogP contribution in [0.25, 0.3) is 0 Å². The first-order valence-electron chi connectivity index (χ1n) is 7.03. The number of esters is 1. The van der Waals surface area contributed by atoms with Crippen molar-refractivity contribution in [1.82, 2.24) is 0 Å². The highest BCUT2D eigenvalue weighted by atomic mass is 16.7. The van der Waals surface area contributed by atoms with Gasteiger partial charge in [-0.05, 0) is 26.7 Å². The van der Waals surface area contributed by atoms with E-state index in [9.17, 15) is 9.59 Å². The zero-order chi connectivity index (χ0) is 14.7. The zero-order valence-electron chi connectivity index (χ0n) is 12.5. The van der Waals surface area contributed by atoms with Gasteiger partial charge in [0.25, 0.3) is 0 Å². The van der Waals surface area contributed by atoms with E-state index in [0.717, 1.165) is 12.8 Å². The third kappa shape index (κ3) is 5.94. The standard InChI is InChI=1S/C14H26O5/c1-5-9-10-14(6-2,12(15)17-7-3)11-19-13(16)18-8-4/h5-11H2,1-4H3. The second-order valence-electron chi connectivity index (χ2n) is 4.43. The molecule has 0 aliphatic rings. The van der Waals surface area contributed by atoms with E-state index in [1.54, 1.807) is 13.8 Å². The van der Waals surface area contributed by atoms with Crippen molar-refractivity contribution in [1.29, 1.82) is 0 Å². The molecule has 0 heterocycles. The second kappa shape index (κ2) is 9.64. The largest absolute Gasteiger partial charge is 0.508 e. The predicted molar refractivity (Wildman–Crippen MR) is 71.9 cm³/mol. The Morgan fingerprint density at radius 1 is 0.947 bits per heavy atom. The monoisotopic (exact) mass is 274 g/mol. The Morgan fingerprint density at radius 3 is 2.05 bits per heavy atom. The fourth-order valence-corrected chi connectivity index (χ4v) is 1.81. The molecule has 0 aliphatic carbocycles. The average Bonchev–Trinajstić information content (AvgIpc) is 2.40. The molecule has 0 radical (unpaired) electrons. The van der Waals surface area contributed by atoms with Crippen molar-refractivity contribution < 1.29 is 23.8 Å². The van der Waals surface area contributed by atoms with Gasteiger partial charge in [0, 0.05) is 0 Å². The molecule has 0 aromatic rings. The van der Waals surface area contributed by atoms with Crippen molar-refractivity contribution in [3.05, 3.63) is 0 Å². The predicted octanol–water partition coefficient (Wildman–Crippen LogP) is 3.31. The van der Waals surface area contributed by atoms with Gasteiger partial charge in [0.2, 0.25) is 0 Å². The summed E-state index contributed by atoms with van der Waals surface area (Å²) in [5.41, 5.74) is -0.751. The van der Waals surface area contributed by atoms with Crippen LogP contribution in [0.15, 0.2) is 0 Å². The zero-order valence-corrected chi connectivity index (χ0v) is 12.5. The van der Waals surface area contributed by atoms with E-state index in [1.807, 2.05) is 6.92 Å². The van der Waals surface area contributed by atoms with E-state index in [1.165, 1.54) is 0 Å². The quantitative estimate of drug-likeness (QED) is 0.604. The molecule has 0 bridgehead atoms. The normalized spacial score (nSPS) is 13.5. The number of ether oxygens (including phenoxy) is 3. The van der Waals surface area contributed by atoms with Gasteiger partial charge in [-0.25, -0.2) is 4.79 Å². The van der Waals surface area contributed by atoms with Crippen LogP contribution in [0.3, 0.4) is 0 Å². The summed E-state index contributed by atoms with van der Waals surface area (Å²) >= 11 is 0. The fourth-order valence-electron chi connectivity index (χ4n) is 1.81. The topological polar surface area (TPSA) is 61.8 Å². The van der Waals surface area contributed by atoms with Crippen molar-refractivity contribution >= 4 is 12.1 Å². The number of rotatable bonds is 9. The molecule has 5 nitrogen and oxygen atoms in total. The molecule has 0 fully saturated rings. The fraction of sp³-hybridized carbons (Fsp3) is 0.857. The minimum atomic E-state index is -0.751. The van der Waals surface area contributed by atoms with E-state index in [4.69, 9.17) is 14.2 Å². The van der Waals surface area contributed by atoms with Gasteiger partial charge in [-0.1, -0.05) is 26.7 Å². The molecule has 0 spiro atoms. The molecule has 19 heavy (non-hydrogen) atoms. The third-order valence-corrected chi connectivity index (χ3v) is 3.12. The Bertz CT molecular complexity index is 277. The maximum Gasteiger partial charge on any atom is 0.508 e. The lowest BCUT2D eigenvalue weighted by atomic mass is 9.81. The summed E-state index contributed by atoms with van der Waals surface area (Å²) < 4.78 is 14.9. The Hall–Kier alpha value is -1.26. The Morgan fingerprint density at radius 2 is 1.58 bits per heavy atom. The SMILES string of the molecule is CCCCC(CC)(COC(=O)OCC)C(=O)OCC. The van der Waals surface area contributed by atoms with E-state index in [2.05, 4.69) is 6.92 Å². The van der Waals surface area contributed by atoms with Crippen molar-refractivity contribution in [2.75, 3.05) is 19.8 Å². The highest BCUT2D eigenvalue weighted by molar-refractivity contribution is 5.77. The summed E-state index contributed by atoms with van der Waals surface area (Å²) in [5.74, 6) is -0.296. The lowest BCUT2D eigenvalue weighted by molar-refractivity contribution is -0.159. The number of carbonyl (C=O) groups excluding carboxylic acids is 2. The average molecular weight is 274 g/mol. The molecule has 0 saturated heterocycles. The smallest absolute Gasteiger partial charge is 0.465 e. The van der Waals surface area contributed by atoms with Crippen LogP contribution in [-0.4, -0.2) is 31.9 Å². The Balaban J connectivity index is 4.70. The van der Waals surface area contributed by atoms with Crippen LogP contribution in [0.4, 0.5) is 4.79 Å². The van der Waals surface area contributed by atoms with Gasteiger partial charge in [0.15, 0.2) is 0 Å². The molecule has 0 aromatic heterocycles. The first-order valence-corrected chi connectivity index (χ1v) is 7.03. The number of hydrogen-bond donors (Lipinski definition) is 0. The molecule has 5 heteroatoms. The van der Waals surface area contributed by atoms with Gasteiger partial charge >= 0.3 is 12.1 Å². The second-order valence-corrected chi connectivity index (χ2v) is 4.43. The van der Waals surface area contributed by atoms with Crippen molar-refractivity contribution in [2.45, 2.75) is 53.4 Å². The van der Waals surface area contributed by atoms with Crippen LogP contribution in [0.1, 0.15) is 53.4 Å². The Labute approximate surface area is 115 Å². The van der Waals surface area contributed by atoms with E-state index >= 15 is 0 Å². The van der Waals surface area contributed by atoms with Gasteiger partial charge in [0.05, 0.1) is 13.2 Å². The molecule has 0 amide bonds. The first-order chi connectivity index (χ1) is 9.06. The molecule has 0 aliphatic heterocycles. The van der Waals surface area contributed by atoms with Gasteiger partial charge in [0.1, 0.15) is 12.0 Å². The summed E-state index contributed by atoms with van der Waals surface area (Å²) in [4.78, 5) is 23.4. The van der Waals surface area contributed by atoms with Gasteiger partial charge in [-0.2, -0.15) is 0 Å². The number of carbonyl (C=O) groups is 2.